The van der Waals surface area contributed by atoms with Crippen LogP contribution >= 0.6 is 0 Å². The highest BCUT2D eigenvalue weighted by Crippen LogP contribution is 2.25. The zero-order valence-electron chi connectivity index (χ0n) is 12.4. The molecule has 2 aromatic heterocycles. The lowest BCUT2D eigenvalue weighted by Crippen LogP contribution is -2.20. The van der Waals surface area contributed by atoms with Gasteiger partial charge in [0.15, 0.2) is 5.76 Å². The fraction of sp³-hybridized carbons (Fsp3) is 0.200. The fourth-order valence-corrected chi connectivity index (χ4v) is 2.08. The van der Waals surface area contributed by atoms with Crippen LogP contribution in [0.3, 0.4) is 0 Å². The number of hydrogen-bond acceptors (Lipinski definition) is 6. The van der Waals surface area contributed by atoms with Gasteiger partial charge in [0, 0.05) is 0 Å². The minimum absolute atomic E-state index is 0.0453. The van der Waals surface area contributed by atoms with Crippen LogP contribution < -0.4 is 10.5 Å². The van der Waals surface area contributed by atoms with Gasteiger partial charge < -0.3 is 18.7 Å². The molecule has 0 unspecified atom stereocenters. The first kappa shape index (κ1) is 16.8. The predicted molar refractivity (Wildman–Crippen MR) is 76.5 cm³/mol. The average molecular weight is 356 g/mol. The molecule has 0 spiro atoms. The maximum absolute atomic E-state index is 12.1. The Bertz CT molecular complexity index is 881. The van der Waals surface area contributed by atoms with Crippen molar-refractivity contribution >= 4 is 0 Å². The summed E-state index contributed by atoms with van der Waals surface area (Å²) in [6.07, 6.45) is -4.60. The van der Waals surface area contributed by atoms with Gasteiger partial charge in [0.25, 0.3) is 5.89 Å². The number of benzene rings is 1. The predicted octanol–water partition coefficient (Wildman–Crippen LogP) is 2.73. The van der Waals surface area contributed by atoms with Crippen molar-refractivity contribution in [2.45, 2.75) is 19.0 Å². The number of alkyl halides is 3. The molecule has 3 rings (SSSR count). The zero-order chi connectivity index (χ0) is 18.0. The van der Waals surface area contributed by atoms with Crippen molar-refractivity contribution in [3.8, 4) is 17.4 Å². The van der Waals surface area contributed by atoms with Gasteiger partial charge in [-0.25, -0.2) is 4.79 Å². The topological polar surface area (TPSA) is 90.6 Å². The van der Waals surface area contributed by atoms with Crippen molar-refractivity contribution in [2.75, 3.05) is 0 Å². The van der Waals surface area contributed by atoms with Gasteiger partial charge in [0.05, 0.1) is 18.9 Å². The summed E-state index contributed by atoms with van der Waals surface area (Å²) in [7, 11) is 0. The maximum Gasteiger partial charge on any atom is 0.573 e. The van der Waals surface area contributed by atoms with Crippen molar-refractivity contribution in [1.29, 1.82) is 0 Å². The largest absolute Gasteiger partial charge is 0.573 e. The molecule has 0 amide bonds. The standard InChI is InChI=1S/C15H11F3N2O5/c16-15(17,18)25-10-5-3-9(4-6-10)11(21)8-20-14(22)24-13(19-20)12-2-1-7-23-12/h1-7,11,21H,8H2/t11-/m1/s1. The van der Waals surface area contributed by atoms with Gasteiger partial charge in [-0.3, -0.25) is 0 Å². The molecule has 1 atom stereocenters. The molecule has 0 radical (unpaired) electrons. The van der Waals surface area contributed by atoms with Gasteiger partial charge in [0.1, 0.15) is 5.75 Å². The second-order valence-electron chi connectivity index (χ2n) is 4.97. The molecular weight excluding hydrogens is 345 g/mol. The van der Waals surface area contributed by atoms with E-state index in [4.69, 9.17) is 8.83 Å². The third-order valence-corrected chi connectivity index (χ3v) is 3.18. The average Bonchev–Trinajstić information content (AvgIpc) is 3.17. The highest BCUT2D eigenvalue weighted by molar-refractivity contribution is 5.42. The Labute approximate surface area is 137 Å². The molecule has 0 aliphatic heterocycles. The van der Waals surface area contributed by atoms with Crippen molar-refractivity contribution in [3.05, 3.63) is 58.8 Å². The number of hydrogen-bond donors (Lipinski definition) is 1. The Morgan fingerprint density at radius 1 is 1.24 bits per heavy atom. The fourth-order valence-electron chi connectivity index (χ4n) is 2.08. The van der Waals surface area contributed by atoms with Gasteiger partial charge in [-0.1, -0.05) is 12.1 Å². The lowest BCUT2D eigenvalue weighted by atomic mass is 10.1. The molecule has 132 valence electrons. The van der Waals surface area contributed by atoms with Gasteiger partial charge in [-0.05, 0) is 29.8 Å². The maximum atomic E-state index is 12.1. The van der Waals surface area contributed by atoms with E-state index in [2.05, 4.69) is 9.84 Å². The Balaban J connectivity index is 1.72. The molecular formula is C15H11F3N2O5. The van der Waals surface area contributed by atoms with E-state index >= 15 is 0 Å². The summed E-state index contributed by atoms with van der Waals surface area (Å²) in [6, 6.07) is 7.77. The number of aliphatic hydroxyl groups is 1. The summed E-state index contributed by atoms with van der Waals surface area (Å²) in [6.45, 7) is -0.248. The molecule has 0 aliphatic carbocycles. The van der Waals surface area contributed by atoms with E-state index in [-0.39, 0.29) is 23.8 Å². The quantitative estimate of drug-likeness (QED) is 0.756. The smallest absolute Gasteiger partial charge is 0.459 e. The number of ether oxygens (including phenoxy) is 1. The van der Waals surface area contributed by atoms with E-state index in [1.807, 2.05) is 0 Å². The first-order valence-electron chi connectivity index (χ1n) is 6.97. The van der Waals surface area contributed by atoms with E-state index in [1.165, 1.54) is 18.4 Å². The van der Waals surface area contributed by atoms with Gasteiger partial charge in [-0.15, -0.1) is 18.3 Å². The van der Waals surface area contributed by atoms with Crippen molar-refractivity contribution in [3.63, 3.8) is 0 Å². The van der Waals surface area contributed by atoms with Crippen LogP contribution in [0.1, 0.15) is 11.7 Å². The molecule has 1 N–H and O–H groups in total. The van der Waals surface area contributed by atoms with Gasteiger partial charge in [-0.2, -0.15) is 4.68 Å². The molecule has 7 nitrogen and oxygen atoms in total. The molecule has 10 heteroatoms. The number of nitrogens with zero attached hydrogens (tertiary/aromatic N) is 2. The van der Waals surface area contributed by atoms with E-state index in [0.29, 0.717) is 0 Å². The van der Waals surface area contributed by atoms with Crippen LogP contribution in [0, 0.1) is 0 Å². The SMILES string of the molecule is O=c1oc(-c2ccco2)nn1C[C@@H](O)c1ccc(OC(F)(F)F)cc1. The highest BCUT2D eigenvalue weighted by atomic mass is 19.4. The molecule has 0 aliphatic rings. The summed E-state index contributed by atoms with van der Waals surface area (Å²) < 4.78 is 51.0. The van der Waals surface area contributed by atoms with Crippen molar-refractivity contribution in [2.24, 2.45) is 0 Å². The monoisotopic (exact) mass is 356 g/mol. The van der Waals surface area contributed by atoms with E-state index < -0.39 is 24.0 Å². The third-order valence-electron chi connectivity index (χ3n) is 3.18. The number of halogens is 3. The molecule has 2 heterocycles. The van der Waals surface area contributed by atoms with Crippen LogP contribution in [-0.2, 0) is 6.54 Å². The molecule has 0 fully saturated rings. The second-order valence-corrected chi connectivity index (χ2v) is 4.97. The normalized spacial score (nSPS) is 13.0. The molecule has 0 saturated heterocycles. The summed E-state index contributed by atoms with van der Waals surface area (Å²) in [4.78, 5) is 11.7. The lowest BCUT2D eigenvalue weighted by molar-refractivity contribution is -0.274. The number of rotatable bonds is 5. The first-order chi connectivity index (χ1) is 11.8. The van der Waals surface area contributed by atoms with E-state index in [1.54, 1.807) is 12.1 Å². The molecule has 0 bridgehead atoms. The minimum Gasteiger partial charge on any atom is -0.459 e. The van der Waals surface area contributed by atoms with Crippen LogP contribution in [-0.4, -0.2) is 21.2 Å². The lowest BCUT2D eigenvalue weighted by Gasteiger charge is -2.12. The highest BCUT2D eigenvalue weighted by Gasteiger charge is 2.31. The second kappa shape index (κ2) is 6.48. The number of aromatic nitrogens is 2. The summed E-state index contributed by atoms with van der Waals surface area (Å²) in [5.41, 5.74) is 0.281. The molecule has 3 aromatic rings. The van der Waals surface area contributed by atoms with Crippen LogP contribution in [0.15, 0.2) is 56.3 Å². The Kier molecular flexibility index (Phi) is 4.36. The molecule has 25 heavy (non-hydrogen) atoms. The van der Waals surface area contributed by atoms with Gasteiger partial charge in [0.2, 0.25) is 0 Å². The van der Waals surface area contributed by atoms with Crippen LogP contribution in [0.2, 0.25) is 0 Å². The van der Waals surface area contributed by atoms with Crippen molar-refractivity contribution < 1.29 is 31.8 Å². The zero-order valence-corrected chi connectivity index (χ0v) is 12.4. The molecule has 0 saturated carbocycles. The first-order valence-corrected chi connectivity index (χ1v) is 6.97. The van der Waals surface area contributed by atoms with Crippen LogP contribution in [0.5, 0.6) is 5.75 Å². The minimum atomic E-state index is -4.80. The Morgan fingerprint density at radius 3 is 2.56 bits per heavy atom. The summed E-state index contributed by atoms with van der Waals surface area (Å²) >= 11 is 0. The molecule has 1 aromatic carbocycles. The Hall–Kier alpha value is -3.01. The van der Waals surface area contributed by atoms with Gasteiger partial charge >= 0.3 is 12.1 Å². The van der Waals surface area contributed by atoms with Crippen LogP contribution in [0.4, 0.5) is 13.2 Å². The number of furan rings is 1. The Morgan fingerprint density at radius 2 is 1.96 bits per heavy atom. The summed E-state index contributed by atoms with van der Waals surface area (Å²) in [5, 5.41) is 14.0. The summed E-state index contributed by atoms with van der Waals surface area (Å²) in [5.74, 6) is -1.01. The third kappa shape index (κ3) is 4.10. The number of aliphatic hydroxyl groups excluding tert-OH is 1. The van der Waals surface area contributed by atoms with Crippen LogP contribution in [0.25, 0.3) is 11.7 Å². The van der Waals surface area contributed by atoms with E-state index in [9.17, 15) is 23.1 Å². The van der Waals surface area contributed by atoms with E-state index in [0.717, 1.165) is 16.8 Å². The van der Waals surface area contributed by atoms with Crippen molar-refractivity contribution in [1.82, 2.24) is 9.78 Å².